The SMILES string of the molecule is COC(=O)c1ccc(C)c(-c2ccc(/C=C(\C#N)C(=O)Nc3cccc(Cl)c3C)o2)c1. The molecule has 0 unspecified atom stereocenters. The molecule has 31 heavy (non-hydrogen) atoms. The molecule has 0 aliphatic carbocycles. The van der Waals surface area contributed by atoms with Crippen molar-refractivity contribution >= 4 is 35.2 Å². The maximum atomic E-state index is 12.6. The molecule has 1 amide bonds. The molecule has 0 spiro atoms. The topological polar surface area (TPSA) is 92.3 Å². The van der Waals surface area contributed by atoms with Crippen molar-refractivity contribution in [2.24, 2.45) is 0 Å². The Balaban J connectivity index is 1.87. The van der Waals surface area contributed by atoms with Gasteiger partial charge in [-0.3, -0.25) is 4.79 Å². The van der Waals surface area contributed by atoms with E-state index in [0.29, 0.717) is 38.9 Å². The fourth-order valence-electron chi connectivity index (χ4n) is 2.93. The van der Waals surface area contributed by atoms with Gasteiger partial charge in [0.05, 0.1) is 12.7 Å². The summed E-state index contributed by atoms with van der Waals surface area (Å²) in [7, 11) is 1.32. The molecule has 0 fully saturated rings. The standard InChI is InChI=1S/C24H19ClN2O4/c1-14-7-8-16(24(29)30-3)12-19(14)22-10-9-18(31-22)11-17(13-26)23(28)27-21-6-4-5-20(25)15(21)2/h4-12H,1-3H3,(H,27,28)/b17-11+. The van der Waals surface area contributed by atoms with Gasteiger partial charge in [-0.15, -0.1) is 0 Å². The highest BCUT2D eigenvalue weighted by molar-refractivity contribution is 6.31. The summed E-state index contributed by atoms with van der Waals surface area (Å²) in [6, 6.07) is 15.5. The van der Waals surface area contributed by atoms with Crippen LogP contribution < -0.4 is 5.32 Å². The fraction of sp³-hybridized carbons (Fsp3) is 0.125. The minimum Gasteiger partial charge on any atom is -0.465 e. The van der Waals surface area contributed by atoms with Crippen LogP contribution in [0.25, 0.3) is 17.4 Å². The summed E-state index contributed by atoms with van der Waals surface area (Å²) in [5, 5.41) is 12.7. The Morgan fingerprint density at radius 1 is 1.16 bits per heavy atom. The van der Waals surface area contributed by atoms with Gasteiger partial charge in [-0.2, -0.15) is 5.26 Å². The van der Waals surface area contributed by atoms with Crippen LogP contribution in [0.2, 0.25) is 5.02 Å². The Bertz CT molecular complexity index is 1230. The molecule has 7 heteroatoms. The summed E-state index contributed by atoms with van der Waals surface area (Å²) in [5.41, 5.74) is 3.10. The summed E-state index contributed by atoms with van der Waals surface area (Å²) >= 11 is 6.08. The summed E-state index contributed by atoms with van der Waals surface area (Å²) < 4.78 is 10.6. The maximum absolute atomic E-state index is 12.6. The number of rotatable bonds is 5. The zero-order valence-corrected chi connectivity index (χ0v) is 17.9. The second kappa shape index (κ2) is 9.33. The molecule has 156 valence electrons. The molecule has 0 saturated carbocycles. The second-order valence-electron chi connectivity index (χ2n) is 6.76. The number of carbonyl (C=O) groups excluding carboxylic acids is 2. The highest BCUT2D eigenvalue weighted by Crippen LogP contribution is 2.28. The van der Waals surface area contributed by atoms with Gasteiger partial charge in [-0.1, -0.05) is 23.7 Å². The number of benzene rings is 2. The molecule has 3 rings (SSSR count). The van der Waals surface area contributed by atoms with E-state index < -0.39 is 11.9 Å². The predicted octanol–water partition coefficient (Wildman–Crippen LogP) is 5.55. The van der Waals surface area contributed by atoms with E-state index in [1.165, 1.54) is 13.2 Å². The third-order valence-electron chi connectivity index (χ3n) is 4.72. The average molecular weight is 435 g/mol. The van der Waals surface area contributed by atoms with Crippen LogP contribution in [0.15, 0.2) is 58.5 Å². The van der Waals surface area contributed by atoms with Gasteiger partial charge >= 0.3 is 5.97 Å². The van der Waals surface area contributed by atoms with Crippen molar-refractivity contribution in [1.82, 2.24) is 0 Å². The lowest BCUT2D eigenvalue weighted by Gasteiger charge is -2.08. The van der Waals surface area contributed by atoms with Gasteiger partial charge in [-0.25, -0.2) is 4.79 Å². The third-order valence-corrected chi connectivity index (χ3v) is 5.13. The first kappa shape index (κ1) is 21.9. The summed E-state index contributed by atoms with van der Waals surface area (Å²) in [6.07, 6.45) is 1.36. The second-order valence-corrected chi connectivity index (χ2v) is 7.17. The van der Waals surface area contributed by atoms with E-state index in [9.17, 15) is 14.9 Å². The molecular weight excluding hydrogens is 416 g/mol. The molecule has 0 saturated heterocycles. The van der Waals surface area contributed by atoms with Crippen LogP contribution in [0, 0.1) is 25.2 Å². The number of aryl methyl sites for hydroxylation is 1. The molecule has 0 radical (unpaired) electrons. The number of anilines is 1. The first-order valence-electron chi connectivity index (χ1n) is 9.31. The molecule has 0 atom stereocenters. The lowest BCUT2D eigenvalue weighted by Crippen LogP contribution is -2.14. The molecule has 1 aromatic heterocycles. The molecular formula is C24H19ClN2O4. The number of hydrogen-bond acceptors (Lipinski definition) is 5. The Morgan fingerprint density at radius 2 is 1.94 bits per heavy atom. The van der Waals surface area contributed by atoms with E-state index in [-0.39, 0.29) is 5.57 Å². The zero-order valence-electron chi connectivity index (χ0n) is 17.2. The van der Waals surface area contributed by atoms with Gasteiger partial charge in [0.25, 0.3) is 5.91 Å². The number of methoxy groups -OCH3 is 1. The van der Waals surface area contributed by atoms with Gasteiger partial charge in [0.1, 0.15) is 23.2 Å². The minimum absolute atomic E-state index is 0.125. The number of halogens is 1. The van der Waals surface area contributed by atoms with Gasteiger partial charge < -0.3 is 14.5 Å². The number of ether oxygens (including phenoxy) is 1. The first-order chi connectivity index (χ1) is 14.8. The van der Waals surface area contributed by atoms with Crippen LogP contribution in [-0.2, 0) is 9.53 Å². The average Bonchev–Trinajstić information content (AvgIpc) is 3.23. The molecule has 0 aliphatic heterocycles. The Morgan fingerprint density at radius 3 is 2.65 bits per heavy atom. The van der Waals surface area contributed by atoms with Crippen molar-refractivity contribution in [3.05, 3.63) is 81.6 Å². The largest absolute Gasteiger partial charge is 0.465 e. The Hall–Kier alpha value is -3.82. The molecule has 6 nitrogen and oxygen atoms in total. The molecule has 3 aromatic rings. The first-order valence-corrected chi connectivity index (χ1v) is 9.69. The van der Waals surface area contributed by atoms with Crippen LogP contribution >= 0.6 is 11.6 Å². The normalized spacial score (nSPS) is 11.0. The Kier molecular flexibility index (Phi) is 6.58. The number of carbonyl (C=O) groups is 2. The van der Waals surface area contributed by atoms with Crippen molar-refractivity contribution < 1.29 is 18.7 Å². The molecule has 2 aromatic carbocycles. The highest BCUT2D eigenvalue weighted by atomic mass is 35.5. The van der Waals surface area contributed by atoms with Crippen LogP contribution in [0.1, 0.15) is 27.2 Å². The number of furan rings is 1. The van der Waals surface area contributed by atoms with Crippen molar-refractivity contribution in [3.8, 4) is 17.4 Å². The molecule has 1 N–H and O–H groups in total. The third kappa shape index (κ3) is 4.85. The van der Waals surface area contributed by atoms with Crippen molar-refractivity contribution in [1.29, 1.82) is 5.26 Å². The molecule has 1 heterocycles. The van der Waals surface area contributed by atoms with Gasteiger partial charge in [0.2, 0.25) is 0 Å². The highest BCUT2D eigenvalue weighted by Gasteiger charge is 2.15. The number of nitrogens with zero attached hydrogens (tertiary/aromatic N) is 1. The predicted molar refractivity (Wildman–Crippen MR) is 119 cm³/mol. The number of esters is 1. The van der Waals surface area contributed by atoms with Crippen LogP contribution in [0.4, 0.5) is 5.69 Å². The Labute approximate surface area is 184 Å². The minimum atomic E-state index is -0.574. The van der Waals surface area contributed by atoms with Crippen LogP contribution in [0.5, 0.6) is 0 Å². The zero-order chi connectivity index (χ0) is 22.5. The summed E-state index contributed by atoms with van der Waals surface area (Å²) in [6.45, 7) is 3.66. The van der Waals surface area contributed by atoms with Crippen molar-refractivity contribution in [3.63, 3.8) is 0 Å². The number of nitrogens with one attached hydrogen (secondary N) is 1. The summed E-state index contributed by atoms with van der Waals surface area (Å²) in [4.78, 5) is 24.4. The number of nitriles is 1. The van der Waals surface area contributed by atoms with E-state index in [2.05, 4.69) is 5.32 Å². The lowest BCUT2D eigenvalue weighted by molar-refractivity contribution is -0.112. The van der Waals surface area contributed by atoms with Crippen LogP contribution in [0.3, 0.4) is 0 Å². The lowest BCUT2D eigenvalue weighted by atomic mass is 10.0. The fourth-order valence-corrected chi connectivity index (χ4v) is 3.11. The van der Waals surface area contributed by atoms with E-state index in [1.807, 2.05) is 13.0 Å². The maximum Gasteiger partial charge on any atom is 0.337 e. The van der Waals surface area contributed by atoms with E-state index in [1.54, 1.807) is 55.5 Å². The molecule has 0 bridgehead atoms. The monoisotopic (exact) mass is 434 g/mol. The van der Waals surface area contributed by atoms with E-state index in [0.717, 1.165) is 5.56 Å². The van der Waals surface area contributed by atoms with Crippen LogP contribution in [-0.4, -0.2) is 19.0 Å². The van der Waals surface area contributed by atoms with Crippen molar-refractivity contribution in [2.45, 2.75) is 13.8 Å². The van der Waals surface area contributed by atoms with Gasteiger partial charge in [0.15, 0.2) is 0 Å². The number of amides is 1. The van der Waals surface area contributed by atoms with Gasteiger partial charge in [0, 0.05) is 22.3 Å². The van der Waals surface area contributed by atoms with E-state index in [4.69, 9.17) is 20.8 Å². The molecule has 0 aliphatic rings. The van der Waals surface area contributed by atoms with Gasteiger partial charge in [-0.05, 0) is 61.4 Å². The quantitative estimate of drug-likeness (QED) is 0.323. The summed E-state index contributed by atoms with van der Waals surface area (Å²) in [5.74, 6) is -0.201. The van der Waals surface area contributed by atoms with Crippen molar-refractivity contribution in [2.75, 3.05) is 12.4 Å². The number of hydrogen-bond donors (Lipinski definition) is 1. The van der Waals surface area contributed by atoms with E-state index >= 15 is 0 Å². The smallest absolute Gasteiger partial charge is 0.337 e.